The number of amides is 2. The predicted molar refractivity (Wildman–Crippen MR) is 187 cm³/mol. The third-order valence-corrected chi connectivity index (χ3v) is 9.06. The molecule has 1 fully saturated rings. The highest BCUT2D eigenvalue weighted by Crippen LogP contribution is 2.30. The van der Waals surface area contributed by atoms with Crippen LogP contribution in [0.2, 0.25) is 0 Å². The zero-order valence-corrected chi connectivity index (χ0v) is 27.1. The van der Waals surface area contributed by atoms with E-state index in [1.807, 2.05) is 115 Å². The van der Waals surface area contributed by atoms with E-state index in [9.17, 15) is 24.9 Å². The van der Waals surface area contributed by atoms with Crippen molar-refractivity contribution in [1.82, 2.24) is 9.80 Å². The lowest BCUT2D eigenvalue weighted by Crippen LogP contribution is -2.50. The Bertz CT molecular complexity index is 1820. The number of carbonyl (C=O) groups is 2. The van der Waals surface area contributed by atoms with Gasteiger partial charge in [0.05, 0.1) is 17.6 Å². The predicted octanol–water partition coefficient (Wildman–Crippen LogP) is 6.35. The SMILES string of the molecule is O=C(O)c1cccc(CN2C(=O)N(Cc3ccc(OCc4ccccc4)cc3)C(Cc3ccccc3)[C@H](O)[C@@H](O)[C@H]2Cc2ccccc2)c1. The van der Waals surface area contributed by atoms with Gasteiger partial charge in [-0.05, 0) is 64.9 Å². The number of rotatable bonds is 12. The molecule has 0 saturated carbocycles. The van der Waals surface area contributed by atoms with Crippen molar-refractivity contribution in [2.45, 2.75) is 56.8 Å². The fraction of sp³-hybridized carbons (Fsp3) is 0.220. The van der Waals surface area contributed by atoms with Gasteiger partial charge in [0.1, 0.15) is 24.6 Å². The number of carboxylic acid groups (broad SMARTS) is 1. The minimum absolute atomic E-state index is 0.0437. The van der Waals surface area contributed by atoms with Crippen LogP contribution in [0, 0.1) is 0 Å². The maximum absolute atomic E-state index is 14.9. The molecule has 5 aromatic carbocycles. The van der Waals surface area contributed by atoms with Gasteiger partial charge < -0.3 is 29.9 Å². The van der Waals surface area contributed by atoms with Crippen LogP contribution in [-0.2, 0) is 32.5 Å². The lowest BCUT2D eigenvalue weighted by atomic mass is 9.91. The van der Waals surface area contributed by atoms with E-state index in [1.54, 1.807) is 28.0 Å². The van der Waals surface area contributed by atoms with Gasteiger partial charge >= 0.3 is 12.0 Å². The molecule has 49 heavy (non-hydrogen) atoms. The molecular weight excluding hydrogens is 616 g/mol. The fourth-order valence-corrected chi connectivity index (χ4v) is 6.44. The summed E-state index contributed by atoms with van der Waals surface area (Å²) in [4.78, 5) is 29.9. The first-order valence-electron chi connectivity index (χ1n) is 16.4. The fourth-order valence-electron chi connectivity index (χ4n) is 6.44. The van der Waals surface area contributed by atoms with Gasteiger partial charge in [-0.3, -0.25) is 0 Å². The van der Waals surface area contributed by atoms with Gasteiger partial charge in [-0.15, -0.1) is 0 Å². The average Bonchev–Trinajstić information content (AvgIpc) is 3.19. The molecule has 4 atom stereocenters. The monoisotopic (exact) mass is 656 g/mol. The summed E-state index contributed by atoms with van der Waals surface area (Å²) in [5.74, 6) is -0.380. The summed E-state index contributed by atoms with van der Waals surface area (Å²) in [5, 5.41) is 33.5. The first-order valence-corrected chi connectivity index (χ1v) is 16.4. The van der Waals surface area contributed by atoms with Crippen molar-refractivity contribution in [3.8, 4) is 5.75 Å². The van der Waals surface area contributed by atoms with Gasteiger partial charge in [-0.2, -0.15) is 0 Å². The second-order valence-corrected chi connectivity index (χ2v) is 12.5. The molecule has 1 saturated heterocycles. The van der Waals surface area contributed by atoms with Crippen LogP contribution in [0.15, 0.2) is 140 Å². The highest BCUT2D eigenvalue weighted by molar-refractivity contribution is 5.87. The van der Waals surface area contributed by atoms with Crippen molar-refractivity contribution < 1.29 is 29.6 Å². The number of aromatic carboxylic acids is 1. The highest BCUT2D eigenvalue weighted by atomic mass is 16.5. The quantitative estimate of drug-likeness (QED) is 0.145. The summed E-state index contributed by atoms with van der Waals surface area (Å²) in [6, 6.07) is 41.2. The van der Waals surface area contributed by atoms with Crippen LogP contribution in [0.1, 0.15) is 38.2 Å². The van der Waals surface area contributed by atoms with Crippen molar-refractivity contribution >= 4 is 12.0 Å². The topological polar surface area (TPSA) is 111 Å². The van der Waals surface area contributed by atoms with E-state index in [-0.39, 0.29) is 24.7 Å². The van der Waals surface area contributed by atoms with Gasteiger partial charge in [-0.1, -0.05) is 115 Å². The van der Waals surface area contributed by atoms with Crippen molar-refractivity contribution in [1.29, 1.82) is 0 Å². The molecule has 0 aliphatic carbocycles. The Kier molecular flexibility index (Phi) is 10.7. The molecule has 0 radical (unpaired) electrons. The molecule has 0 bridgehead atoms. The number of carboxylic acids is 1. The number of hydrogen-bond donors (Lipinski definition) is 3. The van der Waals surface area contributed by atoms with E-state index in [2.05, 4.69) is 0 Å². The van der Waals surface area contributed by atoms with Crippen LogP contribution in [0.3, 0.4) is 0 Å². The lowest BCUT2D eigenvalue weighted by Gasteiger charge is -2.36. The molecule has 2 amide bonds. The highest BCUT2D eigenvalue weighted by Gasteiger charge is 2.46. The van der Waals surface area contributed by atoms with E-state index < -0.39 is 30.3 Å². The summed E-state index contributed by atoms with van der Waals surface area (Å²) >= 11 is 0. The van der Waals surface area contributed by atoms with Gasteiger partial charge in [0.25, 0.3) is 0 Å². The molecule has 8 nitrogen and oxygen atoms in total. The Morgan fingerprint density at radius 1 is 0.571 bits per heavy atom. The summed E-state index contributed by atoms with van der Waals surface area (Å²) in [6.45, 7) is 0.639. The number of benzene rings is 5. The van der Waals surface area contributed by atoms with E-state index >= 15 is 0 Å². The molecule has 0 aromatic heterocycles. The largest absolute Gasteiger partial charge is 0.489 e. The molecule has 1 aliphatic rings. The Labute approximate surface area is 286 Å². The first kappa shape index (κ1) is 33.5. The maximum atomic E-state index is 14.9. The summed E-state index contributed by atoms with van der Waals surface area (Å²) in [5.41, 5.74) is 4.41. The standard InChI is InChI=1S/C41H40N2O6/c44-38-36(24-29-11-4-1-5-12-29)42(26-31-19-21-35(22-20-31)49-28-32-15-8-3-9-16-32)41(48)43(27-33-17-10-18-34(23-33)40(46)47)37(39(38)45)25-30-13-6-2-7-14-30/h1-23,36-39,44-45H,24-28H2,(H,46,47)/t36?,37-,38+,39+/m1/s1. The summed E-state index contributed by atoms with van der Waals surface area (Å²) in [7, 11) is 0. The van der Waals surface area contributed by atoms with Crippen molar-refractivity contribution in [3.63, 3.8) is 0 Å². The number of aliphatic hydroxyl groups is 2. The smallest absolute Gasteiger partial charge is 0.335 e. The zero-order chi connectivity index (χ0) is 34.2. The van der Waals surface area contributed by atoms with Gasteiger partial charge in [0, 0.05) is 13.1 Å². The van der Waals surface area contributed by atoms with Gasteiger partial charge in [-0.25, -0.2) is 9.59 Å². The molecule has 1 heterocycles. The molecule has 8 heteroatoms. The third-order valence-electron chi connectivity index (χ3n) is 9.06. The van der Waals surface area contributed by atoms with Gasteiger partial charge in [0.15, 0.2) is 0 Å². The second kappa shape index (κ2) is 15.6. The number of aliphatic hydroxyl groups excluding tert-OH is 2. The molecule has 0 spiro atoms. The molecule has 250 valence electrons. The molecule has 1 aliphatic heterocycles. The summed E-state index contributed by atoms with van der Waals surface area (Å²) < 4.78 is 5.99. The van der Waals surface area contributed by atoms with Crippen LogP contribution in [-0.4, -0.2) is 61.4 Å². The average molecular weight is 657 g/mol. The van der Waals surface area contributed by atoms with E-state index in [0.29, 0.717) is 30.8 Å². The zero-order valence-electron chi connectivity index (χ0n) is 27.1. The second-order valence-electron chi connectivity index (χ2n) is 12.5. The molecule has 1 unspecified atom stereocenters. The minimum atomic E-state index is -1.29. The van der Waals surface area contributed by atoms with E-state index in [1.165, 1.54) is 6.07 Å². The Morgan fingerprint density at radius 2 is 1.04 bits per heavy atom. The Morgan fingerprint density at radius 3 is 1.55 bits per heavy atom. The molecular formula is C41H40N2O6. The third kappa shape index (κ3) is 8.35. The van der Waals surface area contributed by atoms with E-state index in [4.69, 9.17) is 4.74 Å². The molecule has 5 aromatic rings. The minimum Gasteiger partial charge on any atom is -0.489 e. The van der Waals surface area contributed by atoms with Crippen LogP contribution < -0.4 is 4.74 Å². The number of nitrogens with zero attached hydrogens (tertiary/aromatic N) is 2. The first-order chi connectivity index (χ1) is 23.9. The summed E-state index contributed by atoms with van der Waals surface area (Å²) in [6.07, 6.45) is -1.95. The van der Waals surface area contributed by atoms with E-state index in [0.717, 1.165) is 22.3 Å². The number of ether oxygens (including phenoxy) is 1. The Balaban J connectivity index is 1.35. The van der Waals surface area contributed by atoms with Crippen LogP contribution in [0.25, 0.3) is 0 Å². The van der Waals surface area contributed by atoms with Crippen molar-refractivity contribution in [2.75, 3.05) is 0 Å². The number of hydrogen-bond acceptors (Lipinski definition) is 5. The molecule has 3 N–H and O–H groups in total. The number of urea groups is 1. The van der Waals surface area contributed by atoms with Crippen LogP contribution in [0.4, 0.5) is 4.79 Å². The molecule has 6 rings (SSSR count). The van der Waals surface area contributed by atoms with Crippen LogP contribution in [0.5, 0.6) is 5.75 Å². The van der Waals surface area contributed by atoms with Gasteiger partial charge in [0.2, 0.25) is 0 Å². The van der Waals surface area contributed by atoms with Crippen molar-refractivity contribution in [2.24, 2.45) is 0 Å². The maximum Gasteiger partial charge on any atom is 0.335 e. The number of carbonyl (C=O) groups excluding carboxylic acids is 1. The normalized spacial score (nSPS) is 19.3. The van der Waals surface area contributed by atoms with Crippen LogP contribution >= 0.6 is 0 Å². The lowest BCUT2D eigenvalue weighted by molar-refractivity contribution is -0.0408. The van der Waals surface area contributed by atoms with Crippen molar-refractivity contribution in [3.05, 3.63) is 173 Å². The Hall–Kier alpha value is -5.44.